The van der Waals surface area contributed by atoms with Gasteiger partial charge in [-0.2, -0.15) is 18.3 Å². The number of rotatable bonds is 6. The lowest BCUT2D eigenvalue weighted by Crippen LogP contribution is -2.38. The fourth-order valence-corrected chi connectivity index (χ4v) is 3.95. The van der Waals surface area contributed by atoms with Gasteiger partial charge in [0.15, 0.2) is 0 Å². The molecular formula is C21H26F3N3O2. The summed E-state index contributed by atoms with van der Waals surface area (Å²) in [6.45, 7) is 1.12. The average Bonchev–Trinajstić information content (AvgIpc) is 3.09. The predicted octanol–water partition coefficient (Wildman–Crippen LogP) is 4.00. The number of hydrogen-bond acceptors (Lipinski definition) is 4. The Bertz CT molecular complexity index is 817. The van der Waals surface area contributed by atoms with Gasteiger partial charge in [-0.25, -0.2) is 0 Å². The van der Waals surface area contributed by atoms with Gasteiger partial charge in [0.2, 0.25) is 0 Å². The van der Waals surface area contributed by atoms with Crippen molar-refractivity contribution in [1.29, 1.82) is 0 Å². The highest BCUT2D eigenvalue weighted by molar-refractivity contribution is 5.69. The molecule has 0 saturated carbocycles. The SMILES string of the molecule is CN1CCC[C@H](COC(=O)CCc2cnn(C)c2)[C@@H]1c1ccc(C(F)(F)F)cc1. The first-order valence-corrected chi connectivity index (χ1v) is 9.74. The summed E-state index contributed by atoms with van der Waals surface area (Å²) in [6.07, 6.45) is 1.92. The molecule has 158 valence electrons. The quantitative estimate of drug-likeness (QED) is 0.677. The predicted molar refractivity (Wildman–Crippen MR) is 102 cm³/mol. The molecule has 1 aliphatic rings. The lowest BCUT2D eigenvalue weighted by atomic mass is 9.85. The van der Waals surface area contributed by atoms with Crippen LogP contribution in [0.5, 0.6) is 0 Å². The molecule has 0 N–H and O–H groups in total. The smallest absolute Gasteiger partial charge is 0.416 e. The van der Waals surface area contributed by atoms with Gasteiger partial charge in [-0.05, 0) is 56.1 Å². The third-order valence-corrected chi connectivity index (χ3v) is 5.42. The van der Waals surface area contributed by atoms with Crippen LogP contribution in [0, 0.1) is 5.92 Å². The highest BCUT2D eigenvalue weighted by atomic mass is 19.4. The Morgan fingerprint density at radius 2 is 1.97 bits per heavy atom. The first kappa shape index (κ1) is 21.4. The highest BCUT2D eigenvalue weighted by Gasteiger charge is 2.33. The van der Waals surface area contributed by atoms with Crippen molar-refractivity contribution in [1.82, 2.24) is 14.7 Å². The van der Waals surface area contributed by atoms with Crippen molar-refractivity contribution in [3.8, 4) is 0 Å². The molecule has 1 fully saturated rings. The third-order valence-electron chi connectivity index (χ3n) is 5.42. The van der Waals surface area contributed by atoms with Crippen molar-refractivity contribution < 1.29 is 22.7 Å². The summed E-state index contributed by atoms with van der Waals surface area (Å²) < 4.78 is 45.7. The summed E-state index contributed by atoms with van der Waals surface area (Å²) in [5, 5.41) is 4.08. The summed E-state index contributed by atoms with van der Waals surface area (Å²) in [6, 6.07) is 5.24. The largest absolute Gasteiger partial charge is 0.465 e. The molecule has 0 unspecified atom stereocenters. The molecule has 2 aromatic rings. The van der Waals surface area contributed by atoms with Gasteiger partial charge >= 0.3 is 12.1 Å². The topological polar surface area (TPSA) is 47.4 Å². The van der Waals surface area contributed by atoms with Crippen molar-refractivity contribution in [2.45, 2.75) is 37.9 Å². The average molecular weight is 409 g/mol. The van der Waals surface area contributed by atoms with Crippen molar-refractivity contribution in [2.75, 3.05) is 20.2 Å². The Labute approximate surface area is 168 Å². The van der Waals surface area contributed by atoms with E-state index in [0.717, 1.165) is 42.6 Å². The second kappa shape index (κ2) is 8.98. The minimum Gasteiger partial charge on any atom is -0.465 e. The minimum absolute atomic E-state index is 0.0489. The standard InChI is InChI=1S/C21H26F3N3O2/c1-26-11-3-4-17(14-29-19(28)10-5-15-12-25-27(2)13-15)20(26)16-6-8-18(9-7-16)21(22,23)24/h6-9,12-13,17,20H,3-5,10-11,14H2,1-2H3/t17-,20+/m1/s1. The first-order valence-electron chi connectivity index (χ1n) is 9.74. The van der Waals surface area contributed by atoms with Gasteiger partial charge in [-0.15, -0.1) is 0 Å². The maximum Gasteiger partial charge on any atom is 0.416 e. The number of carbonyl (C=O) groups excluding carboxylic acids is 1. The number of carbonyl (C=O) groups is 1. The Balaban J connectivity index is 1.60. The number of halogens is 3. The van der Waals surface area contributed by atoms with E-state index in [1.54, 1.807) is 10.9 Å². The molecule has 5 nitrogen and oxygen atoms in total. The summed E-state index contributed by atoms with van der Waals surface area (Å²) in [5.41, 5.74) is 1.14. The molecule has 0 radical (unpaired) electrons. The van der Waals surface area contributed by atoms with E-state index in [1.165, 1.54) is 12.1 Å². The van der Waals surface area contributed by atoms with Gasteiger partial charge in [0.1, 0.15) is 0 Å². The highest BCUT2D eigenvalue weighted by Crippen LogP contribution is 2.37. The van der Waals surface area contributed by atoms with Crippen molar-refractivity contribution in [3.63, 3.8) is 0 Å². The number of nitrogens with zero attached hydrogens (tertiary/aromatic N) is 3. The number of aryl methyl sites for hydroxylation is 2. The van der Waals surface area contributed by atoms with Gasteiger partial charge in [-0.1, -0.05) is 12.1 Å². The van der Waals surface area contributed by atoms with Crippen LogP contribution in [0.25, 0.3) is 0 Å². The van der Waals surface area contributed by atoms with Gasteiger partial charge in [0.25, 0.3) is 0 Å². The molecule has 0 spiro atoms. The first-order chi connectivity index (χ1) is 13.7. The van der Waals surface area contributed by atoms with Crippen molar-refractivity contribution in [3.05, 3.63) is 53.3 Å². The summed E-state index contributed by atoms with van der Waals surface area (Å²) >= 11 is 0. The Hall–Kier alpha value is -2.35. The number of hydrogen-bond donors (Lipinski definition) is 0. The van der Waals surface area contributed by atoms with Gasteiger partial charge in [-0.3, -0.25) is 14.4 Å². The van der Waals surface area contributed by atoms with E-state index in [4.69, 9.17) is 4.74 Å². The summed E-state index contributed by atoms with van der Waals surface area (Å²) in [4.78, 5) is 14.3. The maximum absolute atomic E-state index is 12.8. The van der Waals surface area contributed by atoms with E-state index >= 15 is 0 Å². The molecule has 2 heterocycles. The summed E-state index contributed by atoms with van der Waals surface area (Å²) in [5.74, 6) is -0.221. The molecule has 1 aliphatic heterocycles. The monoisotopic (exact) mass is 409 g/mol. The van der Waals surface area contributed by atoms with Crippen LogP contribution in [0.2, 0.25) is 0 Å². The molecule has 0 aliphatic carbocycles. The fraction of sp³-hybridized carbons (Fsp3) is 0.524. The zero-order valence-electron chi connectivity index (χ0n) is 16.7. The van der Waals surface area contributed by atoms with E-state index in [-0.39, 0.29) is 31.0 Å². The van der Waals surface area contributed by atoms with E-state index in [1.807, 2.05) is 20.3 Å². The Morgan fingerprint density at radius 1 is 1.24 bits per heavy atom. The van der Waals surface area contributed by atoms with Crippen LogP contribution in [0.3, 0.4) is 0 Å². The number of ether oxygens (including phenoxy) is 1. The third kappa shape index (κ3) is 5.59. The molecular weight excluding hydrogens is 383 g/mol. The van der Waals surface area contributed by atoms with E-state index in [0.29, 0.717) is 6.42 Å². The number of aromatic nitrogens is 2. The van der Waals surface area contributed by atoms with Gasteiger partial charge in [0, 0.05) is 31.6 Å². The molecule has 29 heavy (non-hydrogen) atoms. The van der Waals surface area contributed by atoms with Gasteiger partial charge in [0.05, 0.1) is 18.4 Å². The number of esters is 1. The zero-order chi connectivity index (χ0) is 21.0. The fourth-order valence-electron chi connectivity index (χ4n) is 3.95. The number of benzene rings is 1. The molecule has 1 saturated heterocycles. The molecule has 1 aromatic heterocycles. The van der Waals surface area contributed by atoms with E-state index in [9.17, 15) is 18.0 Å². The second-order valence-corrected chi connectivity index (χ2v) is 7.65. The zero-order valence-corrected chi connectivity index (χ0v) is 16.7. The number of likely N-dealkylation sites (tertiary alicyclic amines) is 1. The lowest BCUT2D eigenvalue weighted by Gasteiger charge is -2.39. The molecule has 0 amide bonds. The van der Waals surface area contributed by atoms with Crippen LogP contribution < -0.4 is 0 Å². The van der Waals surface area contributed by atoms with Crippen LogP contribution in [0.4, 0.5) is 13.2 Å². The molecule has 3 rings (SSSR count). The number of alkyl halides is 3. The van der Waals surface area contributed by atoms with Crippen molar-refractivity contribution >= 4 is 5.97 Å². The normalized spacial score (nSPS) is 20.6. The molecule has 1 aromatic carbocycles. The van der Waals surface area contributed by atoms with E-state index < -0.39 is 11.7 Å². The molecule has 0 bridgehead atoms. The molecule has 2 atom stereocenters. The minimum atomic E-state index is -4.35. The van der Waals surface area contributed by atoms with Gasteiger partial charge < -0.3 is 4.74 Å². The second-order valence-electron chi connectivity index (χ2n) is 7.65. The van der Waals surface area contributed by atoms with Crippen LogP contribution in [0.15, 0.2) is 36.7 Å². The van der Waals surface area contributed by atoms with Crippen LogP contribution in [-0.2, 0) is 29.2 Å². The van der Waals surface area contributed by atoms with Crippen LogP contribution in [-0.4, -0.2) is 40.8 Å². The molecule has 8 heteroatoms. The number of piperidine rings is 1. The summed E-state index contributed by atoms with van der Waals surface area (Å²) in [7, 11) is 3.78. The van der Waals surface area contributed by atoms with Crippen molar-refractivity contribution in [2.24, 2.45) is 13.0 Å². The Kier molecular flexibility index (Phi) is 6.62. The Morgan fingerprint density at radius 3 is 2.59 bits per heavy atom. The van der Waals surface area contributed by atoms with Crippen LogP contribution >= 0.6 is 0 Å². The maximum atomic E-state index is 12.8. The van der Waals surface area contributed by atoms with E-state index in [2.05, 4.69) is 10.00 Å². The van der Waals surface area contributed by atoms with Crippen LogP contribution in [0.1, 0.15) is 42.0 Å². The lowest BCUT2D eigenvalue weighted by molar-refractivity contribution is -0.146.